The summed E-state index contributed by atoms with van der Waals surface area (Å²) in [5, 5.41) is 10.5. The van der Waals surface area contributed by atoms with E-state index in [1.165, 1.54) is 36.4 Å². The Kier molecular flexibility index (Phi) is 8.31. The molecule has 1 N–H and O–H groups in total. The molecule has 0 aromatic heterocycles. The molecule has 0 saturated carbocycles. The summed E-state index contributed by atoms with van der Waals surface area (Å²) < 4.78 is 230. The molecule has 0 aliphatic heterocycles. The van der Waals surface area contributed by atoms with Crippen LogP contribution >= 0.6 is 0 Å². The quantitative estimate of drug-likeness (QED) is 0.260. The number of rotatable bonds is 10. The van der Waals surface area contributed by atoms with E-state index in [0.717, 1.165) is 18.2 Å². The minimum absolute atomic E-state index is 0.0998. The monoisotopic (exact) mass is 630 g/mol. The minimum Gasteiger partial charge on any atom is -0.385 e. The second kappa shape index (κ2) is 9.90. The van der Waals surface area contributed by atoms with Crippen LogP contribution in [0.15, 0.2) is 54.6 Å². The summed E-state index contributed by atoms with van der Waals surface area (Å²) in [7, 11) is 0. The van der Waals surface area contributed by atoms with E-state index >= 15 is 0 Å². The highest BCUT2D eigenvalue weighted by Crippen LogP contribution is 2.64. The number of alkyl halides is 17. The molecule has 1 unspecified atom stereocenters. The van der Waals surface area contributed by atoms with Crippen molar-refractivity contribution in [3.8, 4) is 11.1 Å². The molecule has 0 aliphatic rings. The highest BCUT2D eigenvalue weighted by molar-refractivity contribution is 5.68. The van der Waals surface area contributed by atoms with Crippen LogP contribution in [-0.2, 0) is 5.60 Å². The van der Waals surface area contributed by atoms with Gasteiger partial charge in [-0.2, -0.15) is 74.6 Å². The Hall–Kier alpha value is -2.79. The van der Waals surface area contributed by atoms with Gasteiger partial charge in [-0.3, -0.25) is 0 Å². The maximum atomic E-state index is 14.6. The molecule has 0 spiro atoms. The van der Waals surface area contributed by atoms with Crippen LogP contribution in [0.1, 0.15) is 18.9 Å². The largest absolute Gasteiger partial charge is 0.460 e. The lowest BCUT2D eigenvalue weighted by Gasteiger charge is -2.43. The Balaban J connectivity index is 2.61. The number of hydrogen-bond acceptors (Lipinski definition) is 1. The Bertz CT molecular complexity index is 1220. The predicted molar refractivity (Wildman–Crippen MR) is 107 cm³/mol. The fraction of sp³-hybridized carbons (Fsp3) is 0.478. The lowest BCUT2D eigenvalue weighted by Crippen LogP contribution is -2.74. The minimum atomic E-state index is -8.70. The average molecular weight is 630 g/mol. The fourth-order valence-electron chi connectivity index (χ4n) is 3.66. The molecule has 0 bridgehead atoms. The summed E-state index contributed by atoms with van der Waals surface area (Å²) in [6.45, 7) is 0.279. The molecule has 2 rings (SSSR count). The van der Waals surface area contributed by atoms with Crippen LogP contribution in [0.4, 0.5) is 74.6 Å². The normalized spacial score (nSPS) is 16.5. The molecule has 18 heteroatoms. The number of halogens is 17. The summed E-state index contributed by atoms with van der Waals surface area (Å²) in [6, 6.07) is 10.9. The van der Waals surface area contributed by atoms with Gasteiger partial charge in [0.1, 0.15) is 0 Å². The van der Waals surface area contributed by atoms with E-state index in [1.54, 1.807) is 0 Å². The van der Waals surface area contributed by atoms with E-state index < -0.39 is 65.2 Å². The standard InChI is InChI=1S/C23H15F17O/c1-15(41,14-10-6-5-9-13(14)12-7-3-2-4-8-12)11-16(24,25)17(26,27)18(28,29)19(30,31)20(32,33)21(34,35)22(36,37)23(38,39)40/h2-10,41H,11H2,1H3. The first kappa shape index (κ1) is 34.4. The van der Waals surface area contributed by atoms with E-state index in [4.69, 9.17) is 0 Å². The lowest BCUT2D eigenvalue weighted by atomic mass is 9.81. The first-order valence-electron chi connectivity index (χ1n) is 10.6. The summed E-state index contributed by atoms with van der Waals surface area (Å²) in [5.74, 6) is -57.2. The molecule has 0 amide bonds. The summed E-state index contributed by atoms with van der Waals surface area (Å²) >= 11 is 0. The molecule has 0 radical (unpaired) electrons. The van der Waals surface area contributed by atoms with E-state index in [1.807, 2.05) is 0 Å². The fourth-order valence-corrected chi connectivity index (χ4v) is 3.66. The molecule has 0 saturated heterocycles. The summed E-state index contributed by atoms with van der Waals surface area (Å²) in [6.07, 6.45) is -10.8. The molecule has 232 valence electrons. The van der Waals surface area contributed by atoms with Gasteiger partial charge in [0.05, 0.1) is 12.0 Å². The van der Waals surface area contributed by atoms with Crippen molar-refractivity contribution < 1.29 is 79.7 Å². The molecule has 0 aliphatic carbocycles. The molecule has 2 aromatic rings. The van der Waals surface area contributed by atoms with Crippen LogP contribution in [0.2, 0.25) is 0 Å². The molecule has 0 fully saturated rings. The zero-order valence-corrected chi connectivity index (χ0v) is 19.8. The molecule has 41 heavy (non-hydrogen) atoms. The maximum Gasteiger partial charge on any atom is 0.460 e. The van der Waals surface area contributed by atoms with Gasteiger partial charge in [-0.1, -0.05) is 54.6 Å². The van der Waals surface area contributed by atoms with Crippen LogP contribution in [-0.4, -0.2) is 52.7 Å². The van der Waals surface area contributed by atoms with Gasteiger partial charge in [-0.05, 0) is 23.6 Å². The van der Waals surface area contributed by atoms with Crippen molar-refractivity contribution in [1.82, 2.24) is 0 Å². The second-order valence-corrected chi connectivity index (χ2v) is 9.01. The van der Waals surface area contributed by atoms with Crippen molar-refractivity contribution in [2.45, 2.75) is 66.6 Å². The van der Waals surface area contributed by atoms with Crippen LogP contribution in [0.25, 0.3) is 11.1 Å². The van der Waals surface area contributed by atoms with E-state index in [2.05, 4.69) is 0 Å². The smallest absolute Gasteiger partial charge is 0.385 e. The van der Waals surface area contributed by atoms with Crippen molar-refractivity contribution in [3.63, 3.8) is 0 Å². The van der Waals surface area contributed by atoms with Gasteiger partial charge in [0.15, 0.2) is 0 Å². The van der Waals surface area contributed by atoms with E-state index in [-0.39, 0.29) is 18.1 Å². The zero-order valence-electron chi connectivity index (χ0n) is 19.8. The van der Waals surface area contributed by atoms with Crippen LogP contribution in [0.5, 0.6) is 0 Å². The molecule has 1 atom stereocenters. The van der Waals surface area contributed by atoms with Crippen molar-refractivity contribution in [1.29, 1.82) is 0 Å². The highest BCUT2D eigenvalue weighted by Gasteiger charge is 2.95. The predicted octanol–water partition coefficient (Wildman–Crippen LogP) is 8.96. The van der Waals surface area contributed by atoms with Gasteiger partial charge >= 0.3 is 47.6 Å². The first-order chi connectivity index (χ1) is 18.0. The third-order valence-corrected chi connectivity index (χ3v) is 5.95. The van der Waals surface area contributed by atoms with Crippen molar-refractivity contribution in [2.75, 3.05) is 0 Å². The highest BCUT2D eigenvalue weighted by atomic mass is 19.4. The van der Waals surface area contributed by atoms with Gasteiger partial charge in [0, 0.05) is 0 Å². The second-order valence-electron chi connectivity index (χ2n) is 9.01. The molecular formula is C23H15F17O. The third kappa shape index (κ3) is 5.09. The van der Waals surface area contributed by atoms with Crippen molar-refractivity contribution >= 4 is 0 Å². The lowest BCUT2D eigenvalue weighted by molar-refractivity contribution is -0.462. The topological polar surface area (TPSA) is 20.2 Å². The van der Waals surface area contributed by atoms with E-state index in [9.17, 15) is 79.7 Å². The zero-order chi connectivity index (χ0) is 32.3. The molecule has 1 nitrogen and oxygen atoms in total. The molecule has 0 heterocycles. The maximum absolute atomic E-state index is 14.6. The van der Waals surface area contributed by atoms with Crippen LogP contribution in [0, 0.1) is 0 Å². The van der Waals surface area contributed by atoms with Gasteiger partial charge in [-0.25, -0.2) is 0 Å². The Morgan fingerprint density at radius 3 is 1.29 bits per heavy atom. The van der Waals surface area contributed by atoms with Gasteiger partial charge in [-0.15, -0.1) is 0 Å². The van der Waals surface area contributed by atoms with Gasteiger partial charge in [0.2, 0.25) is 0 Å². The third-order valence-electron chi connectivity index (χ3n) is 5.95. The molecule has 2 aromatic carbocycles. The van der Waals surface area contributed by atoms with Crippen LogP contribution in [0.3, 0.4) is 0 Å². The van der Waals surface area contributed by atoms with Crippen LogP contribution < -0.4 is 0 Å². The van der Waals surface area contributed by atoms with Crippen molar-refractivity contribution in [2.24, 2.45) is 0 Å². The van der Waals surface area contributed by atoms with Gasteiger partial charge in [0.25, 0.3) is 0 Å². The summed E-state index contributed by atoms with van der Waals surface area (Å²) in [5.41, 5.74) is -4.25. The van der Waals surface area contributed by atoms with Gasteiger partial charge < -0.3 is 5.11 Å². The number of hydrogen-bond donors (Lipinski definition) is 1. The average Bonchev–Trinajstić information content (AvgIpc) is 2.82. The Labute approximate surface area is 218 Å². The SMILES string of the molecule is CC(O)(CC(F)(F)C(F)(F)C(F)(F)C(F)(F)C(F)(F)C(F)(F)C(F)(F)C(F)(F)F)c1ccccc1-c1ccccc1. The number of aliphatic hydroxyl groups is 1. The first-order valence-corrected chi connectivity index (χ1v) is 10.6. The Morgan fingerprint density at radius 1 is 0.488 bits per heavy atom. The Morgan fingerprint density at radius 2 is 0.854 bits per heavy atom. The molecular weight excluding hydrogens is 615 g/mol. The van der Waals surface area contributed by atoms with Crippen molar-refractivity contribution in [3.05, 3.63) is 60.2 Å². The number of benzene rings is 2. The van der Waals surface area contributed by atoms with E-state index in [0.29, 0.717) is 0 Å². The summed E-state index contributed by atoms with van der Waals surface area (Å²) in [4.78, 5) is 0.